The van der Waals surface area contributed by atoms with Gasteiger partial charge in [0.2, 0.25) is 0 Å². The van der Waals surface area contributed by atoms with Gasteiger partial charge in [0.25, 0.3) is 0 Å². The summed E-state index contributed by atoms with van der Waals surface area (Å²) in [4.78, 5) is 6.83. The molecule has 168 valence electrons. The Bertz CT molecular complexity index is 1200. The van der Waals surface area contributed by atoms with Crippen molar-refractivity contribution in [3.63, 3.8) is 0 Å². The predicted octanol–water partition coefficient (Wildman–Crippen LogP) is 4.42. The van der Waals surface area contributed by atoms with Gasteiger partial charge >= 0.3 is 6.18 Å². The highest BCUT2D eigenvalue weighted by atomic mass is 19.4. The van der Waals surface area contributed by atoms with E-state index < -0.39 is 17.5 Å². The first-order valence-corrected chi connectivity index (χ1v) is 10.6. The number of hydrogen-bond donors (Lipinski definition) is 2. The maximum Gasteiger partial charge on any atom is 0.416 e. The Morgan fingerprint density at radius 1 is 1.25 bits per heavy atom. The number of phenols is 1. The molecule has 2 unspecified atom stereocenters. The van der Waals surface area contributed by atoms with E-state index in [-0.39, 0.29) is 17.8 Å². The highest BCUT2D eigenvalue weighted by Crippen LogP contribution is 2.39. The standard InChI is InChI=1S/C22H23F3N6O/c1-3-18-27-28-19-7-5-15(11-30(18)19)31-10-13-4-6-16(26-21(13)29-31)20-12(2)8-14(9-17(20)32)22(23,24)25/h4,6,8-10,15,18,27,32H,3,5,7,11H2,1-2H3. The Labute approximate surface area is 182 Å². The quantitative estimate of drug-likeness (QED) is 0.625. The number of benzene rings is 1. The molecule has 0 bridgehead atoms. The number of aryl methyl sites for hydroxylation is 1. The highest BCUT2D eigenvalue weighted by Gasteiger charge is 2.34. The molecule has 0 radical (unpaired) electrons. The fraction of sp³-hybridized carbons (Fsp3) is 0.409. The van der Waals surface area contributed by atoms with Crippen molar-refractivity contribution in [1.82, 2.24) is 25.1 Å². The molecule has 2 atom stereocenters. The van der Waals surface area contributed by atoms with E-state index in [0.717, 1.165) is 49.2 Å². The average Bonchev–Trinajstić information content (AvgIpc) is 3.35. The lowest BCUT2D eigenvalue weighted by atomic mass is 10.00. The smallest absolute Gasteiger partial charge is 0.416 e. The van der Waals surface area contributed by atoms with E-state index in [4.69, 9.17) is 0 Å². The molecule has 4 heterocycles. The van der Waals surface area contributed by atoms with Gasteiger partial charge in [-0.2, -0.15) is 23.4 Å². The molecule has 2 aromatic heterocycles. The molecule has 2 aliphatic heterocycles. The molecule has 0 spiro atoms. The number of halogens is 3. The number of amidine groups is 1. The Morgan fingerprint density at radius 3 is 2.78 bits per heavy atom. The number of rotatable bonds is 3. The number of piperidine rings is 1. The minimum atomic E-state index is -4.52. The lowest BCUT2D eigenvalue weighted by Crippen LogP contribution is -2.45. The monoisotopic (exact) mass is 444 g/mol. The van der Waals surface area contributed by atoms with E-state index in [1.54, 1.807) is 6.07 Å². The predicted molar refractivity (Wildman–Crippen MR) is 114 cm³/mol. The van der Waals surface area contributed by atoms with E-state index in [1.807, 2.05) is 16.9 Å². The summed E-state index contributed by atoms with van der Waals surface area (Å²) in [5.74, 6) is 0.633. The van der Waals surface area contributed by atoms with Gasteiger partial charge in [-0.1, -0.05) is 6.92 Å². The topological polar surface area (TPSA) is 78.6 Å². The fourth-order valence-electron chi connectivity index (χ4n) is 4.55. The Morgan fingerprint density at radius 2 is 2.06 bits per heavy atom. The summed E-state index contributed by atoms with van der Waals surface area (Å²) in [6.07, 6.45) is 0.343. The van der Waals surface area contributed by atoms with Gasteiger partial charge in [-0.25, -0.2) is 4.98 Å². The second-order valence-corrected chi connectivity index (χ2v) is 8.33. The molecule has 32 heavy (non-hydrogen) atoms. The summed E-state index contributed by atoms with van der Waals surface area (Å²) < 4.78 is 41.1. The Balaban J connectivity index is 1.46. The largest absolute Gasteiger partial charge is 0.507 e. The second kappa shape index (κ2) is 7.39. The van der Waals surface area contributed by atoms with Gasteiger partial charge < -0.3 is 10.0 Å². The third kappa shape index (κ3) is 3.43. The molecule has 1 saturated heterocycles. The number of hydrogen-bond acceptors (Lipinski definition) is 6. The maximum absolute atomic E-state index is 13.0. The van der Waals surface area contributed by atoms with E-state index in [2.05, 4.69) is 32.4 Å². The van der Waals surface area contributed by atoms with Crippen LogP contribution in [0.15, 0.2) is 35.6 Å². The number of aromatic hydroxyl groups is 1. The van der Waals surface area contributed by atoms with Gasteiger partial charge in [0.1, 0.15) is 17.8 Å². The van der Waals surface area contributed by atoms with Crippen molar-refractivity contribution in [2.24, 2.45) is 5.10 Å². The lowest BCUT2D eigenvalue weighted by Gasteiger charge is -2.34. The van der Waals surface area contributed by atoms with Crippen LogP contribution in [0, 0.1) is 6.92 Å². The van der Waals surface area contributed by atoms with Crippen molar-refractivity contribution >= 4 is 16.9 Å². The fourth-order valence-corrected chi connectivity index (χ4v) is 4.55. The first-order valence-electron chi connectivity index (χ1n) is 10.6. The van der Waals surface area contributed by atoms with E-state index in [1.165, 1.54) is 6.92 Å². The normalized spacial score (nSPS) is 20.9. The third-order valence-electron chi connectivity index (χ3n) is 6.20. The average molecular weight is 444 g/mol. The number of pyridine rings is 1. The molecule has 3 aromatic rings. The van der Waals surface area contributed by atoms with Crippen LogP contribution in [0.4, 0.5) is 13.2 Å². The Hall–Kier alpha value is -3.30. The molecule has 1 aromatic carbocycles. The molecular formula is C22H23F3N6O. The van der Waals surface area contributed by atoms with Crippen molar-refractivity contribution in [2.45, 2.75) is 51.5 Å². The summed E-state index contributed by atoms with van der Waals surface area (Å²) in [7, 11) is 0. The van der Waals surface area contributed by atoms with Gasteiger partial charge in [-0.15, -0.1) is 0 Å². The van der Waals surface area contributed by atoms with Gasteiger partial charge in [-0.05, 0) is 49.6 Å². The first-order chi connectivity index (χ1) is 15.2. The molecule has 1 fully saturated rings. The van der Waals surface area contributed by atoms with Crippen molar-refractivity contribution in [1.29, 1.82) is 0 Å². The van der Waals surface area contributed by atoms with Crippen molar-refractivity contribution in [3.05, 3.63) is 41.6 Å². The molecule has 0 amide bonds. The molecule has 0 aliphatic carbocycles. The van der Waals surface area contributed by atoms with Crippen molar-refractivity contribution < 1.29 is 18.3 Å². The summed E-state index contributed by atoms with van der Waals surface area (Å²) in [6, 6.07) is 5.46. The van der Waals surface area contributed by atoms with Crippen LogP contribution in [0.5, 0.6) is 5.75 Å². The van der Waals surface area contributed by atoms with E-state index in [0.29, 0.717) is 16.9 Å². The van der Waals surface area contributed by atoms with Crippen LogP contribution in [0.25, 0.3) is 22.3 Å². The number of phenolic OH excluding ortho intramolecular Hbond substituents is 1. The van der Waals surface area contributed by atoms with Crippen molar-refractivity contribution in [3.8, 4) is 17.0 Å². The van der Waals surface area contributed by atoms with Crippen LogP contribution in [0.3, 0.4) is 0 Å². The molecule has 0 saturated carbocycles. The second-order valence-electron chi connectivity index (χ2n) is 8.33. The van der Waals surface area contributed by atoms with E-state index >= 15 is 0 Å². The van der Waals surface area contributed by atoms with Crippen LogP contribution < -0.4 is 5.43 Å². The number of alkyl halides is 3. The first kappa shape index (κ1) is 20.6. The molecule has 10 heteroatoms. The lowest BCUT2D eigenvalue weighted by molar-refractivity contribution is -0.137. The summed E-state index contributed by atoms with van der Waals surface area (Å²) in [6.45, 7) is 4.44. The molecule has 2 N–H and O–H groups in total. The van der Waals surface area contributed by atoms with Gasteiger partial charge in [0.15, 0.2) is 5.65 Å². The van der Waals surface area contributed by atoms with Gasteiger partial charge in [0, 0.05) is 30.1 Å². The van der Waals surface area contributed by atoms with Crippen LogP contribution in [-0.2, 0) is 6.18 Å². The minimum Gasteiger partial charge on any atom is -0.507 e. The Kier molecular flexibility index (Phi) is 4.75. The van der Waals surface area contributed by atoms with Gasteiger partial charge in [0.05, 0.1) is 17.3 Å². The number of hydrazone groups is 1. The van der Waals surface area contributed by atoms with Crippen LogP contribution >= 0.6 is 0 Å². The van der Waals surface area contributed by atoms with Gasteiger partial charge in [-0.3, -0.25) is 10.1 Å². The van der Waals surface area contributed by atoms with Crippen LogP contribution in [-0.4, -0.2) is 43.3 Å². The molecule has 5 rings (SSSR count). The molecule has 2 aliphatic rings. The van der Waals surface area contributed by atoms with E-state index in [9.17, 15) is 18.3 Å². The van der Waals surface area contributed by atoms with Crippen LogP contribution in [0.2, 0.25) is 0 Å². The summed E-state index contributed by atoms with van der Waals surface area (Å²) >= 11 is 0. The summed E-state index contributed by atoms with van der Waals surface area (Å²) in [5, 5.41) is 20.2. The number of nitrogens with zero attached hydrogens (tertiary/aromatic N) is 5. The molecule has 7 nitrogen and oxygen atoms in total. The zero-order chi connectivity index (χ0) is 22.6. The maximum atomic E-state index is 13.0. The highest BCUT2D eigenvalue weighted by molar-refractivity contribution is 5.84. The van der Waals surface area contributed by atoms with Crippen LogP contribution in [0.1, 0.15) is 43.4 Å². The minimum absolute atomic E-state index is 0.168. The third-order valence-corrected chi connectivity index (χ3v) is 6.20. The zero-order valence-electron chi connectivity index (χ0n) is 17.7. The zero-order valence-corrected chi connectivity index (χ0v) is 17.7. The number of nitrogens with one attached hydrogen (secondary N) is 1. The summed E-state index contributed by atoms with van der Waals surface area (Å²) in [5.41, 5.74) is 3.75. The number of fused-ring (bicyclic) bond motifs is 2. The SMILES string of the molecule is CCC1NN=C2CCC(n3cc4ccc(-c5c(C)cc(C(F)(F)F)cc5O)nc4n3)CN21. The molecular weight excluding hydrogens is 421 g/mol. The number of aromatic nitrogens is 3. The van der Waals surface area contributed by atoms with Crippen molar-refractivity contribution in [2.75, 3.05) is 6.54 Å².